The molecule has 12 nitrogen and oxygen atoms in total. The topological polar surface area (TPSA) is 217 Å². The lowest BCUT2D eigenvalue weighted by molar-refractivity contribution is 0.179. The quantitative estimate of drug-likeness (QED) is 0.304. The van der Waals surface area contributed by atoms with Gasteiger partial charge in [0.15, 0.2) is 22.3 Å². The van der Waals surface area contributed by atoms with Gasteiger partial charge in [-0.3, -0.25) is 0 Å². The molecule has 2 heterocycles. The molecule has 3 aromatic rings. The molecule has 0 aliphatic carbocycles. The number of hydrogen-bond donors (Lipinski definition) is 4. The van der Waals surface area contributed by atoms with Crippen molar-refractivity contribution in [2.75, 3.05) is 19.0 Å². The number of benzene rings is 2. The van der Waals surface area contributed by atoms with Crippen molar-refractivity contribution in [3.8, 4) is 11.1 Å². The molecule has 4 rings (SSSR count). The fourth-order valence-corrected chi connectivity index (χ4v) is 7.51. The van der Waals surface area contributed by atoms with E-state index in [1.54, 1.807) is 12.1 Å². The van der Waals surface area contributed by atoms with Gasteiger partial charge < -0.3 is 16.6 Å². The smallest absolute Gasteiger partial charge is 0.240 e. The number of sulfone groups is 1. The number of amidine groups is 1. The number of aliphatic hydroxyl groups excluding tert-OH is 1. The Hall–Kier alpha value is -2.66. The van der Waals surface area contributed by atoms with E-state index < -0.39 is 41.5 Å². The van der Waals surface area contributed by atoms with E-state index in [-0.39, 0.29) is 37.6 Å². The SMILES string of the molecule is NCc1nc2cc(-c3ccc(S(=O)(=O)CC[C@@H](O)CN)c(S(N)(=O)=O)c3C3=NCN=N3)ccc2s1. The van der Waals surface area contributed by atoms with Crippen molar-refractivity contribution in [2.24, 2.45) is 31.8 Å². The maximum Gasteiger partial charge on any atom is 0.240 e. The van der Waals surface area contributed by atoms with E-state index in [2.05, 4.69) is 20.2 Å². The first-order chi connectivity index (χ1) is 16.5. The first-order valence-electron chi connectivity index (χ1n) is 10.4. The highest BCUT2D eigenvalue weighted by Crippen LogP contribution is 2.37. The number of azo groups is 1. The van der Waals surface area contributed by atoms with Crippen molar-refractivity contribution >= 4 is 47.2 Å². The minimum atomic E-state index is -4.58. The van der Waals surface area contributed by atoms with Gasteiger partial charge in [-0.2, -0.15) is 5.11 Å². The Balaban J connectivity index is 1.98. The number of aromatic nitrogens is 1. The van der Waals surface area contributed by atoms with Gasteiger partial charge in [0.1, 0.15) is 9.90 Å². The third kappa shape index (κ3) is 5.16. The van der Waals surface area contributed by atoms with E-state index in [9.17, 15) is 21.9 Å². The molecular weight excluding hydrogens is 514 g/mol. The number of thiazole rings is 1. The van der Waals surface area contributed by atoms with E-state index in [0.29, 0.717) is 16.6 Å². The summed E-state index contributed by atoms with van der Waals surface area (Å²) in [5, 5.41) is 23.7. The van der Waals surface area contributed by atoms with Crippen LogP contribution in [0.3, 0.4) is 0 Å². The Kier molecular flexibility index (Phi) is 7.10. The predicted molar refractivity (Wildman–Crippen MR) is 132 cm³/mol. The molecule has 1 atom stereocenters. The maximum absolute atomic E-state index is 13.2. The third-order valence-electron chi connectivity index (χ3n) is 5.32. The van der Waals surface area contributed by atoms with Crippen LogP contribution < -0.4 is 16.6 Å². The van der Waals surface area contributed by atoms with Gasteiger partial charge in [0, 0.05) is 18.7 Å². The Bertz CT molecular complexity index is 1560. The molecular formula is C20H23N7O5S3. The van der Waals surface area contributed by atoms with Crippen LogP contribution in [0.1, 0.15) is 17.0 Å². The maximum atomic E-state index is 13.2. The minimum absolute atomic E-state index is 0.0382. The molecule has 1 aromatic heterocycles. The molecule has 2 aromatic carbocycles. The number of sulfonamides is 1. The second-order valence-electron chi connectivity index (χ2n) is 7.72. The number of aliphatic imine (C=N–C) groups is 1. The fraction of sp³-hybridized carbons (Fsp3) is 0.300. The first-order valence-corrected chi connectivity index (χ1v) is 14.4. The van der Waals surface area contributed by atoms with Crippen LogP contribution in [0, 0.1) is 0 Å². The number of fused-ring (bicyclic) bond motifs is 1. The fourth-order valence-electron chi connectivity index (χ4n) is 3.66. The van der Waals surface area contributed by atoms with Crippen molar-refractivity contribution in [1.29, 1.82) is 0 Å². The van der Waals surface area contributed by atoms with Crippen molar-refractivity contribution < 1.29 is 21.9 Å². The van der Waals surface area contributed by atoms with Crippen molar-refractivity contribution in [3.63, 3.8) is 0 Å². The summed E-state index contributed by atoms with van der Waals surface area (Å²) in [6, 6.07) is 7.98. The highest BCUT2D eigenvalue weighted by atomic mass is 32.2. The van der Waals surface area contributed by atoms with Gasteiger partial charge in [-0.05, 0) is 35.7 Å². The molecule has 15 heteroatoms. The molecule has 0 fully saturated rings. The van der Waals surface area contributed by atoms with Crippen LogP contribution in [0.2, 0.25) is 0 Å². The van der Waals surface area contributed by atoms with Gasteiger partial charge in [-0.25, -0.2) is 32.0 Å². The Labute approximate surface area is 205 Å². The lowest BCUT2D eigenvalue weighted by Crippen LogP contribution is -2.25. The van der Waals surface area contributed by atoms with Crippen molar-refractivity contribution in [2.45, 2.75) is 28.9 Å². The number of hydrogen-bond acceptors (Lipinski definition) is 12. The number of nitrogens with zero attached hydrogens (tertiary/aromatic N) is 4. The van der Waals surface area contributed by atoms with Gasteiger partial charge in [0.2, 0.25) is 10.0 Å². The average molecular weight is 538 g/mol. The third-order valence-corrected chi connectivity index (χ3v) is 9.29. The normalized spacial score (nSPS) is 15.0. The number of primary sulfonamides is 1. The largest absolute Gasteiger partial charge is 0.392 e. The standard InChI is InChI=1S/C20H23N7O5S3/c21-8-12(28)5-6-34(29,30)16-4-2-13(11-1-3-15-14(7-11)26-17(9-22)33-15)18(19(16)35(23,31)32)20-24-10-25-27-20/h1-4,7,12,28H,5-6,8-10,21-22H2,(H2,23,31,32)/t12-/m1/s1. The molecule has 186 valence electrons. The summed E-state index contributed by atoms with van der Waals surface area (Å²) in [7, 11) is -8.77. The molecule has 7 N–H and O–H groups in total. The number of aliphatic hydroxyl groups is 1. The molecule has 0 unspecified atom stereocenters. The van der Waals surface area contributed by atoms with Crippen LogP contribution in [-0.4, -0.2) is 57.8 Å². The highest BCUT2D eigenvalue weighted by Gasteiger charge is 2.32. The molecule has 0 saturated heterocycles. The van der Waals surface area contributed by atoms with Crippen LogP contribution in [0.25, 0.3) is 21.3 Å². The van der Waals surface area contributed by atoms with E-state index >= 15 is 0 Å². The van der Waals surface area contributed by atoms with Crippen LogP contribution >= 0.6 is 11.3 Å². The molecule has 1 aliphatic rings. The minimum Gasteiger partial charge on any atom is -0.392 e. The van der Waals surface area contributed by atoms with Gasteiger partial charge in [0.05, 0.1) is 27.0 Å². The Morgan fingerprint density at radius 2 is 1.89 bits per heavy atom. The van der Waals surface area contributed by atoms with Gasteiger partial charge >= 0.3 is 0 Å². The lowest BCUT2D eigenvalue weighted by Gasteiger charge is -2.17. The zero-order valence-electron chi connectivity index (χ0n) is 18.3. The summed E-state index contributed by atoms with van der Waals surface area (Å²) in [5.41, 5.74) is 12.6. The van der Waals surface area contributed by atoms with Gasteiger partial charge in [-0.15, -0.1) is 16.5 Å². The molecule has 0 saturated carbocycles. The Morgan fingerprint density at radius 1 is 1.11 bits per heavy atom. The van der Waals surface area contributed by atoms with E-state index in [4.69, 9.17) is 16.6 Å². The Morgan fingerprint density at radius 3 is 2.51 bits per heavy atom. The molecule has 0 bridgehead atoms. The van der Waals surface area contributed by atoms with Crippen molar-refractivity contribution in [3.05, 3.63) is 40.9 Å². The summed E-state index contributed by atoms with van der Waals surface area (Å²) in [5.74, 6) is -0.586. The first kappa shape index (κ1) is 25.4. The van der Waals surface area contributed by atoms with Crippen LogP contribution in [0.5, 0.6) is 0 Å². The average Bonchev–Trinajstić information content (AvgIpc) is 3.50. The number of nitrogens with two attached hydrogens (primary N) is 3. The zero-order valence-corrected chi connectivity index (χ0v) is 20.8. The van der Waals surface area contributed by atoms with Gasteiger partial charge in [0.25, 0.3) is 0 Å². The summed E-state index contributed by atoms with van der Waals surface area (Å²) < 4.78 is 52.8. The zero-order chi connectivity index (χ0) is 25.4. The summed E-state index contributed by atoms with van der Waals surface area (Å²) >= 11 is 1.44. The van der Waals surface area contributed by atoms with E-state index in [0.717, 1.165) is 9.71 Å². The van der Waals surface area contributed by atoms with Crippen LogP contribution in [-0.2, 0) is 26.4 Å². The van der Waals surface area contributed by atoms with E-state index in [1.165, 1.54) is 23.5 Å². The monoisotopic (exact) mass is 537 g/mol. The molecule has 0 spiro atoms. The lowest BCUT2D eigenvalue weighted by atomic mass is 9.98. The molecule has 35 heavy (non-hydrogen) atoms. The molecule has 1 aliphatic heterocycles. The second kappa shape index (κ2) is 9.77. The van der Waals surface area contributed by atoms with Crippen LogP contribution in [0.15, 0.2) is 55.3 Å². The van der Waals surface area contributed by atoms with Crippen molar-refractivity contribution in [1.82, 2.24) is 4.98 Å². The molecule has 0 amide bonds. The van der Waals surface area contributed by atoms with E-state index in [1.807, 2.05) is 6.07 Å². The summed E-state index contributed by atoms with van der Waals surface area (Å²) in [6.45, 7) is 0.103. The summed E-state index contributed by atoms with van der Waals surface area (Å²) in [4.78, 5) is 7.48. The molecule has 0 radical (unpaired) electrons. The second-order valence-corrected chi connectivity index (χ2v) is 12.4. The van der Waals surface area contributed by atoms with Crippen LogP contribution in [0.4, 0.5) is 0 Å². The summed E-state index contributed by atoms with van der Waals surface area (Å²) in [6.07, 6.45) is -1.23. The highest BCUT2D eigenvalue weighted by molar-refractivity contribution is 7.93. The predicted octanol–water partition coefficient (Wildman–Crippen LogP) is 0.723. The van der Waals surface area contributed by atoms with Gasteiger partial charge in [-0.1, -0.05) is 12.1 Å². The number of rotatable bonds is 9.